The Morgan fingerprint density at radius 1 is 1.32 bits per heavy atom. The molecule has 1 aromatic carbocycles. The van der Waals surface area contributed by atoms with E-state index >= 15 is 0 Å². The largest absolute Gasteiger partial charge is 0.359 e. The van der Waals surface area contributed by atoms with Crippen LogP contribution in [0.5, 0.6) is 0 Å². The lowest BCUT2D eigenvalue weighted by Crippen LogP contribution is -2.44. The fourth-order valence-electron chi connectivity index (χ4n) is 2.12. The number of ether oxygens (including phenoxy) is 1. The van der Waals surface area contributed by atoms with Crippen LogP contribution in [0, 0.1) is 0 Å². The zero-order valence-electron chi connectivity index (χ0n) is 11.0. The van der Waals surface area contributed by atoms with E-state index in [9.17, 15) is 4.79 Å². The minimum atomic E-state index is -1.06. The van der Waals surface area contributed by atoms with Crippen molar-refractivity contribution in [1.82, 2.24) is 0 Å². The predicted octanol–water partition coefficient (Wildman–Crippen LogP) is 3.61. The van der Waals surface area contributed by atoms with Gasteiger partial charge in [-0.1, -0.05) is 42.5 Å². The molecule has 0 aliphatic heterocycles. The molecule has 2 rings (SSSR count). The second kappa shape index (κ2) is 5.72. The second-order valence-electron chi connectivity index (χ2n) is 4.86. The molecule has 1 aromatic rings. The van der Waals surface area contributed by atoms with E-state index in [1.54, 1.807) is 6.08 Å². The fraction of sp³-hybridized carbons (Fsp3) is 0.312. The van der Waals surface area contributed by atoms with E-state index in [0.29, 0.717) is 0 Å². The third-order valence-electron chi connectivity index (χ3n) is 3.01. The highest BCUT2D eigenvalue weighted by molar-refractivity contribution is 6.25. The molecule has 0 radical (unpaired) electrons. The molecule has 0 heterocycles. The number of rotatable bonds is 4. The minimum Gasteiger partial charge on any atom is -0.359 e. The third kappa shape index (κ3) is 2.96. The van der Waals surface area contributed by atoms with Crippen LogP contribution < -0.4 is 0 Å². The summed E-state index contributed by atoms with van der Waals surface area (Å²) in [6.45, 7) is 3.78. The van der Waals surface area contributed by atoms with E-state index in [2.05, 4.69) is 0 Å². The van der Waals surface area contributed by atoms with Gasteiger partial charge in [-0.05, 0) is 31.1 Å². The van der Waals surface area contributed by atoms with Gasteiger partial charge in [0.1, 0.15) is 0 Å². The molecular weight excluding hydrogens is 260 g/mol. The van der Waals surface area contributed by atoms with E-state index in [4.69, 9.17) is 16.3 Å². The highest BCUT2D eigenvalue weighted by Crippen LogP contribution is 2.32. The van der Waals surface area contributed by atoms with Crippen molar-refractivity contribution in [2.75, 3.05) is 0 Å². The van der Waals surface area contributed by atoms with Crippen molar-refractivity contribution in [3.63, 3.8) is 0 Å². The van der Waals surface area contributed by atoms with Gasteiger partial charge >= 0.3 is 0 Å². The van der Waals surface area contributed by atoms with E-state index in [0.717, 1.165) is 17.4 Å². The normalized spacial score (nSPS) is 26.3. The lowest BCUT2D eigenvalue weighted by molar-refractivity contribution is -0.129. The zero-order chi connectivity index (χ0) is 13.9. The van der Waals surface area contributed by atoms with Crippen LogP contribution in [-0.4, -0.2) is 23.4 Å². The highest BCUT2D eigenvalue weighted by atomic mass is 35.5. The van der Waals surface area contributed by atoms with Crippen LogP contribution in [0.1, 0.15) is 19.4 Å². The lowest BCUT2D eigenvalue weighted by Gasteiger charge is -2.33. The van der Waals surface area contributed by atoms with Gasteiger partial charge in [0.2, 0.25) is 0 Å². The predicted molar refractivity (Wildman–Crippen MR) is 78.2 cm³/mol. The first kappa shape index (κ1) is 14.0. The van der Waals surface area contributed by atoms with E-state index in [1.807, 2.05) is 56.3 Å². The summed E-state index contributed by atoms with van der Waals surface area (Å²) in [6.07, 6.45) is 6.22. The molecule has 0 saturated heterocycles. The first-order chi connectivity index (χ1) is 9.07. The standard InChI is InChI=1S/C16H17ClO2/c1-12(2)19-16(11-18)9-8-14(10-15(16)17)13-6-4-3-5-7-13/h3-12,15H,1-2H3. The van der Waals surface area contributed by atoms with Gasteiger partial charge in [-0.2, -0.15) is 0 Å². The summed E-state index contributed by atoms with van der Waals surface area (Å²) in [5.41, 5.74) is 1.02. The monoisotopic (exact) mass is 276 g/mol. The van der Waals surface area contributed by atoms with Crippen LogP contribution >= 0.6 is 11.6 Å². The van der Waals surface area contributed by atoms with Crippen LogP contribution in [0.3, 0.4) is 0 Å². The Morgan fingerprint density at radius 2 is 2.00 bits per heavy atom. The van der Waals surface area contributed by atoms with Crippen LogP contribution in [0.15, 0.2) is 48.6 Å². The smallest absolute Gasteiger partial charge is 0.162 e. The molecule has 0 aromatic heterocycles. The average molecular weight is 277 g/mol. The first-order valence-electron chi connectivity index (χ1n) is 6.32. The number of aldehydes is 1. The molecule has 3 heteroatoms. The van der Waals surface area contributed by atoms with Gasteiger partial charge < -0.3 is 4.74 Å². The maximum Gasteiger partial charge on any atom is 0.162 e. The molecule has 0 bridgehead atoms. The van der Waals surface area contributed by atoms with E-state index < -0.39 is 11.0 Å². The quantitative estimate of drug-likeness (QED) is 0.620. The van der Waals surface area contributed by atoms with Gasteiger partial charge in [0.15, 0.2) is 11.9 Å². The molecule has 2 nitrogen and oxygen atoms in total. The van der Waals surface area contributed by atoms with Crippen molar-refractivity contribution in [3.05, 3.63) is 54.1 Å². The van der Waals surface area contributed by atoms with Crippen molar-refractivity contribution in [2.24, 2.45) is 0 Å². The van der Waals surface area contributed by atoms with Crippen molar-refractivity contribution in [2.45, 2.75) is 30.9 Å². The molecule has 1 aliphatic rings. The summed E-state index contributed by atoms with van der Waals surface area (Å²) in [4.78, 5) is 11.4. The molecule has 0 fully saturated rings. The molecule has 0 N–H and O–H groups in total. The number of hydrogen-bond acceptors (Lipinski definition) is 2. The third-order valence-corrected chi connectivity index (χ3v) is 3.48. The Bertz CT molecular complexity index is 505. The van der Waals surface area contributed by atoms with Crippen molar-refractivity contribution < 1.29 is 9.53 Å². The Hall–Kier alpha value is -1.38. The molecule has 0 saturated carbocycles. The molecule has 2 unspecified atom stereocenters. The van der Waals surface area contributed by atoms with Crippen LogP contribution in [0.2, 0.25) is 0 Å². The summed E-state index contributed by atoms with van der Waals surface area (Å²) in [6, 6.07) is 9.93. The summed E-state index contributed by atoms with van der Waals surface area (Å²) in [5, 5.41) is -0.507. The summed E-state index contributed by atoms with van der Waals surface area (Å²) in [5.74, 6) is 0. The van der Waals surface area contributed by atoms with E-state index in [-0.39, 0.29) is 6.10 Å². The SMILES string of the molecule is CC(C)OC1(C=O)C=CC(c2ccccc2)=CC1Cl. The number of benzene rings is 1. The van der Waals surface area contributed by atoms with Crippen LogP contribution in [0.4, 0.5) is 0 Å². The highest BCUT2D eigenvalue weighted by Gasteiger charge is 2.38. The average Bonchev–Trinajstić information content (AvgIpc) is 2.41. The number of hydrogen-bond donors (Lipinski definition) is 0. The summed E-state index contributed by atoms with van der Waals surface area (Å²) < 4.78 is 5.69. The maximum absolute atomic E-state index is 11.4. The molecule has 0 amide bonds. The first-order valence-corrected chi connectivity index (χ1v) is 6.76. The lowest BCUT2D eigenvalue weighted by atomic mass is 9.89. The molecular formula is C16H17ClO2. The molecule has 1 aliphatic carbocycles. The van der Waals surface area contributed by atoms with Crippen LogP contribution in [0.25, 0.3) is 5.57 Å². The van der Waals surface area contributed by atoms with Crippen LogP contribution in [-0.2, 0) is 9.53 Å². The van der Waals surface area contributed by atoms with Gasteiger partial charge in [0.25, 0.3) is 0 Å². The van der Waals surface area contributed by atoms with Gasteiger partial charge in [-0.15, -0.1) is 11.6 Å². The Kier molecular flexibility index (Phi) is 4.23. The summed E-state index contributed by atoms with van der Waals surface area (Å²) in [7, 11) is 0. The maximum atomic E-state index is 11.4. The van der Waals surface area contributed by atoms with Gasteiger partial charge in [0.05, 0.1) is 11.5 Å². The van der Waals surface area contributed by atoms with E-state index in [1.165, 1.54) is 0 Å². The fourth-order valence-corrected chi connectivity index (χ4v) is 2.43. The zero-order valence-corrected chi connectivity index (χ0v) is 11.8. The number of halogens is 1. The molecule has 2 atom stereocenters. The Balaban J connectivity index is 2.29. The summed E-state index contributed by atoms with van der Waals surface area (Å²) >= 11 is 6.34. The number of carbonyl (C=O) groups is 1. The van der Waals surface area contributed by atoms with Crippen molar-refractivity contribution in [3.8, 4) is 0 Å². The number of alkyl halides is 1. The van der Waals surface area contributed by atoms with Crippen molar-refractivity contribution in [1.29, 1.82) is 0 Å². The number of allylic oxidation sites excluding steroid dienone is 2. The van der Waals surface area contributed by atoms with Gasteiger partial charge in [-0.25, -0.2) is 0 Å². The molecule has 19 heavy (non-hydrogen) atoms. The van der Waals surface area contributed by atoms with Crippen molar-refractivity contribution >= 4 is 23.5 Å². The Labute approximate surface area is 118 Å². The molecule has 100 valence electrons. The Morgan fingerprint density at radius 3 is 2.53 bits per heavy atom. The second-order valence-corrected chi connectivity index (χ2v) is 5.33. The van der Waals surface area contributed by atoms with Gasteiger partial charge in [-0.3, -0.25) is 4.79 Å². The number of carbonyl (C=O) groups excluding carboxylic acids is 1. The topological polar surface area (TPSA) is 26.3 Å². The van der Waals surface area contributed by atoms with Gasteiger partial charge in [0, 0.05) is 0 Å². The minimum absolute atomic E-state index is 0.0669. The molecule has 0 spiro atoms.